The molecule has 2 unspecified atom stereocenters. The normalized spacial score (nSPS) is 28.4. The lowest BCUT2D eigenvalue weighted by atomic mass is 9.85. The van der Waals surface area contributed by atoms with E-state index in [4.69, 9.17) is 11.6 Å². The van der Waals surface area contributed by atoms with E-state index in [-0.39, 0.29) is 5.54 Å². The monoisotopic (exact) mass is 300 g/mol. The Morgan fingerprint density at radius 3 is 2.71 bits per heavy atom. The maximum Gasteiger partial charge on any atom is 0.0457 e. The SMILES string of the molecule is Cn1ccc2c1CCN1C(c3ccc(Cl)cc3)CCC21C. The standard InChI is InChI=1S/C18H21ClN2/c1-18-10-7-16(13-3-5-14(19)6-4-13)21(18)12-9-17-15(18)8-11-20(17)2/h3-6,8,11,16H,7,9-10,12H2,1-2H3. The van der Waals surface area contributed by atoms with Crippen molar-refractivity contribution in [2.24, 2.45) is 7.05 Å². The zero-order valence-corrected chi connectivity index (χ0v) is 13.4. The molecule has 4 rings (SSSR count). The summed E-state index contributed by atoms with van der Waals surface area (Å²) in [6.07, 6.45) is 5.83. The Balaban J connectivity index is 1.73. The predicted molar refractivity (Wildman–Crippen MR) is 86.6 cm³/mol. The van der Waals surface area contributed by atoms with Crippen LogP contribution in [0.3, 0.4) is 0 Å². The van der Waals surface area contributed by atoms with E-state index < -0.39 is 0 Å². The van der Waals surface area contributed by atoms with E-state index in [0.29, 0.717) is 6.04 Å². The smallest absolute Gasteiger partial charge is 0.0457 e. The second-order valence-corrected chi connectivity index (χ2v) is 7.05. The minimum Gasteiger partial charge on any atom is -0.354 e. The summed E-state index contributed by atoms with van der Waals surface area (Å²) in [6.45, 7) is 3.57. The third-order valence-corrected chi connectivity index (χ3v) is 5.79. The predicted octanol–water partition coefficient (Wildman–Crippen LogP) is 4.29. The first-order chi connectivity index (χ1) is 10.1. The minimum atomic E-state index is 0.194. The molecule has 0 N–H and O–H groups in total. The largest absolute Gasteiger partial charge is 0.354 e. The van der Waals surface area contributed by atoms with Gasteiger partial charge in [-0.25, -0.2) is 0 Å². The van der Waals surface area contributed by atoms with Crippen LogP contribution in [0.4, 0.5) is 0 Å². The van der Waals surface area contributed by atoms with Crippen LogP contribution < -0.4 is 0 Å². The van der Waals surface area contributed by atoms with Gasteiger partial charge in [0.05, 0.1) is 0 Å². The van der Waals surface area contributed by atoms with Crippen LogP contribution in [0.1, 0.15) is 42.6 Å². The number of hydrogen-bond donors (Lipinski definition) is 0. The van der Waals surface area contributed by atoms with Gasteiger partial charge in [0, 0.05) is 48.5 Å². The molecule has 0 aliphatic carbocycles. The highest BCUT2D eigenvalue weighted by atomic mass is 35.5. The van der Waals surface area contributed by atoms with Gasteiger partial charge < -0.3 is 4.57 Å². The number of nitrogens with zero attached hydrogens (tertiary/aromatic N) is 2. The lowest BCUT2D eigenvalue weighted by Gasteiger charge is -2.43. The van der Waals surface area contributed by atoms with Gasteiger partial charge >= 0.3 is 0 Å². The molecule has 1 aromatic carbocycles. The van der Waals surface area contributed by atoms with E-state index in [0.717, 1.165) is 18.0 Å². The fourth-order valence-corrected chi connectivity index (χ4v) is 4.50. The van der Waals surface area contributed by atoms with E-state index >= 15 is 0 Å². The van der Waals surface area contributed by atoms with Crippen LogP contribution >= 0.6 is 11.6 Å². The van der Waals surface area contributed by atoms with Crippen LogP contribution in [-0.4, -0.2) is 16.0 Å². The first kappa shape index (κ1) is 13.4. The lowest BCUT2D eigenvalue weighted by molar-refractivity contribution is 0.0998. The second kappa shape index (κ2) is 4.62. The van der Waals surface area contributed by atoms with Gasteiger partial charge in [0.15, 0.2) is 0 Å². The summed E-state index contributed by atoms with van der Waals surface area (Å²) in [7, 11) is 2.17. The molecule has 1 aromatic heterocycles. The molecule has 0 amide bonds. The molecule has 2 nitrogen and oxygen atoms in total. The van der Waals surface area contributed by atoms with E-state index in [2.05, 4.69) is 47.8 Å². The zero-order chi connectivity index (χ0) is 14.6. The fourth-order valence-electron chi connectivity index (χ4n) is 4.37. The third kappa shape index (κ3) is 1.89. The maximum atomic E-state index is 6.04. The third-order valence-electron chi connectivity index (χ3n) is 5.54. The Labute approximate surface area is 131 Å². The Morgan fingerprint density at radius 2 is 1.95 bits per heavy atom. The number of aromatic nitrogens is 1. The molecule has 2 atom stereocenters. The Kier molecular flexibility index (Phi) is 2.95. The van der Waals surface area contributed by atoms with E-state index in [1.54, 1.807) is 0 Å². The van der Waals surface area contributed by atoms with Gasteiger partial charge in [-0.3, -0.25) is 4.90 Å². The molecule has 110 valence electrons. The van der Waals surface area contributed by atoms with Crippen molar-refractivity contribution in [1.29, 1.82) is 0 Å². The topological polar surface area (TPSA) is 8.17 Å². The molecule has 2 aromatic rings. The van der Waals surface area contributed by atoms with E-state index in [1.165, 1.54) is 29.7 Å². The molecule has 21 heavy (non-hydrogen) atoms. The van der Waals surface area contributed by atoms with Gasteiger partial charge in [-0.05, 0) is 49.1 Å². The van der Waals surface area contributed by atoms with Crippen LogP contribution in [0.2, 0.25) is 5.02 Å². The Hall–Kier alpha value is -1.25. The van der Waals surface area contributed by atoms with E-state index in [9.17, 15) is 0 Å². The molecular formula is C18H21ClN2. The van der Waals surface area contributed by atoms with E-state index in [1.807, 2.05) is 12.1 Å². The number of fused-ring (bicyclic) bond motifs is 3. The molecule has 0 radical (unpaired) electrons. The first-order valence-electron chi connectivity index (χ1n) is 7.76. The summed E-state index contributed by atoms with van der Waals surface area (Å²) in [6, 6.07) is 11.3. The Bertz CT molecular complexity index is 673. The summed E-state index contributed by atoms with van der Waals surface area (Å²) in [5.74, 6) is 0. The van der Waals surface area contributed by atoms with Crippen LogP contribution in [0.25, 0.3) is 0 Å². The van der Waals surface area contributed by atoms with Crippen molar-refractivity contribution in [3.8, 4) is 0 Å². The molecule has 2 aliphatic rings. The molecule has 0 saturated carbocycles. The van der Waals surface area contributed by atoms with Gasteiger partial charge in [0.25, 0.3) is 0 Å². The summed E-state index contributed by atoms with van der Waals surface area (Å²) >= 11 is 6.04. The van der Waals surface area contributed by atoms with Crippen molar-refractivity contribution >= 4 is 11.6 Å². The van der Waals surface area contributed by atoms with Gasteiger partial charge in [-0.15, -0.1) is 0 Å². The minimum absolute atomic E-state index is 0.194. The van der Waals surface area contributed by atoms with Crippen molar-refractivity contribution in [3.05, 3.63) is 58.4 Å². The summed E-state index contributed by atoms with van der Waals surface area (Å²) < 4.78 is 2.30. The van der Waals surface area contributed by atoms with Gasteiger partial charge in [-0.2, -0.15) is 0 Å². The van der Waals surface area contributed by atoms with Crippen LogP contribution in [0, 0.1) is 0 Å². The average Bonchev–Trinajstić information content (AvgIpc) is 3.01. The second-order valence-electron chi connectivity index (χ2n) is 6.61. The summed E-state index contributed by atoms with van der Waals surface area (Å²) in [5.41, 5.74) is 4.65. The number of halogens is 1. The average molecular weight is 301 g/mol. The van der Waals surface area contributed by atoms with Gasteiger partial charge in [0.2, 0.25) is 0 Å². The van der Waals surface area contributed by atoms with Crippen molar-refractivity contribution in [2.75, 3.05) is 6.54 Å². The van der Waals surface area contributed by atoms with Crippen LogP contribution in [0.15, 0.2) is 36.5 Å². The van der Waals surface area contributed by atoms with Crippen molar-refractivity contribution < 1.29 is 0 Å². The van der Waals surface area contributed by atoms with Crippen LogP contribution in [-0.2, 0) is 19.0 Å². The van der Waals surface area contributed by atoms with Gasteiger partial charge in [-0.1, -0.05) is 23.7 Å². The zero-order valence-electron chi connectivity index (χ0n) is 12.6. The highest BCUT2D eigenvalue weighted by molar-refractivity contribution is 6.30. The fraction of sp³-hybridized carbons (Fsp3) is 0.444. The first-order valence-corrected chi connectivity index (χ1v) is 8.14. The summed E-state index contributed by atoms with van der Waals surface area (Å²) in [5, 5.41) is 0.823. The van der Waals surface area contributed by atoms with Gasteiger partial charge in [0.1, 0.15) is 0 Å². The highest BCUT2D eigenvalue weighted by Crippen LogP contribution is 2.51. The molecule has 0 spiro atoms. The number of benzene rings is 1. The quantitative estimate of drug-likeness (QED) is 0.763. The van der Waals surface area contributed by atoms with Crippen LogP contribution in [0.5, 0.6) is 0 Å². The molecule has 1 saturated heterocycles. The number of rotatable bonds is 1. The molecule has 1 fully saturated rings. The molecule has 3 heterocycles. The van der Waals surface area contributed by atoms with Crippen molar-refractivity contribution in [2.45, 2.75) is 37.8 Å². The highest BCUT2D eigenvalue weighted by Gasteiger charge is 2.47. The molecular weight excluding hydrogens is 280 g/mol. The molecule has 3 heteroatoms. The lowest BCUT2D eigenvalue weighted by Crippen LogP contribution is -2.45. The number of aryl methyl sites for hydroxylation is 1. The Morgan fingerprint density at radius 1 is 1.19 bits per heavy atom. The van der Waals surface area contributed by atoms with Crippen molar-refractivity contribution in [3.63, 3.8) is 0 Å². The maximum absolute atomic E-state index is 6.04. The number of hydrogen-bond acceptors (Lipinski definition) is 1. The summed E-state index contributed by atoms with van der Waals surface area (Å²) in [4.78, 5) is 2.71. The molecule has 2 aliphatic heterocycles. The molecule has 0 bridgehead atoms. The van der Waals surface area contributed by atoms with Crippen molar-refractivity contribution in [1.82, 2.24) is 9.47 Å².